The minimum Gasteiger partial charge on any atom is -0.497 e. The Bertz CT molecular complexity index is 1160. The number of hydrogen-bond acceptors (Lipinski definition) is 5. The van der Waals surface area contributed by atoms with Gasteiger partial charge in [0.2, 0.25) is 0 Å². The van der Waals surface area contributed by atoms with Crippen LogP contribution < -0.4 is 10.3 Å². The van der Waals surface area contributed by atoms with E-state index in [-0.39, 0.29) is 5.56 Å². The van der Waals surface area contributed by atoms with Gasteiger partial charge in [0.1, 0.15) is 16.8 Å². The number of nitrogens with one attached hydrogen (secondary N) is 1. The molecule has 26 heavy (non-hydrogen) atoms. The number of hydrogen-bond donors (Lipinski definition) is 1. The van der Waals surface area contributed by atoms with Crippen LogP contribution in [0.5, 0.6) is 5.75 Å². The normalized spacial score (nSPS) is 11.2. The minimum absolute atomic E-state index is 0.245. The van der Waals surface area contributed by atoms with E-state index in [4.69, 9.17) is 4.74 Å². The maximum absolute atomic E-state index is 12.5. The summed E-state index contributed by atoms with van der Waals surface area (Å²) in [6.45, 7) is 3.96. The van der Waals surface area contributed by atoms with Gasteiger partial charge in [-0.05, 0) is 43.2 Å². The Kier molecular flexibility index (Phi) is 3.61. The summed E-state index contributed by atoms with van der Waals surface area (Å²) in [7, 11) is 3.45. The van der Waals surface area contributed by atoms with E-state index >= 15 is 0 Å². The lowest BCUT2D eigenvalue weighted by atomic mass is 10.1. The van der Waals surface area contributed by atoms with Crippen LogP contribution in [0.4, 0.5) is 0 Å². The number of ether oxygens (including phenoxy) is 1. The standard InChI is InChI=1S/C18H18N6O2/c1-10-7-12(26-4)8-11(2)15(10)24-9-13-16(22-24)19-17(20-18(13)25)14-5-6-23(3)21-14/h5-9H,1-4H3,(H,19,20,22,25). The molecule has 0 unspecified atom stereocenters. The van der Waals surface area contributed by atoms with Gasteiger partial charge < -0.3 is 9.72 Å². The SMILES string of the molecule is COc1cc(C)c(-n2cc3c(=O)[nH]c(-c4ccn(C)n4)nc3n2)c(C)c1. The van der Waals surface area contributed by atoms with Gasteiger partial charge in [-0.15, -0.1) is 5.10 Å². The molecule has 0 aliphatic heterocycles. The molecule has 0 saturated heterocycles. The van der Waals surface area contributed by atoms with Crippen molar-refractivity contribution in [1.82, 2.24) is 29.5 Å². The molecule has 0 radical (unpaired) electrons. The summed E-state index contributed by atoms with van der Waals surface area (Å²) in [4.78, 5) is 19.7. The van der Waals surface area contributed by atoms with Crippen molar-refractivity contribution in [2.45, 2.75) is 13.8 Å². The first-order valence-corrected chi connectivity index (χ1v) is 8.11. The van der Waals surface area contributed by atoms with Gasteiger partial charge in [0.15, 0.2) is 11.5 Å². The number of fused-ring (bicyclic) bond motifs is 1. The topological polar surface area (TPSA) is 90.6 Å². The molecule has 4 aromatic rings. The third kappa shape index (κ3) is 2.55. The summed E-state index contributed by atoms with van der Waals surface area (Å²) in [6, 6.07) is 5.66. The molecule has 3 aromatic heterocycles. The smallest absolute Gasteiger partial charge is 0.262 e. The van der Waals surface area contributed by atoms with Crippen LogP contribution in [0.3, 0.4) is 0 Å². The number of nitrogens with zero attached hydrogens (tertiary/aromatic N) is 5. The average molecular weight is 350 g/mol. The molecule has 8 nitrogen and oxygen atoms in total. The lowest BCUT2D eigenvalue weighted by Gasteiger charge is -2.11. The maximum Gasteiger partial charge on any atom is 0.262 e. The fourth-order valence-corrected chi connectivity index (χ4v) is 3.09. The number of rotatable bonds is 3. The van der Waals surface area contributed by atoms with Crippen molar-refractivity contribution in [3.05, 3.63) is 52.1 Å². The molecule has 1 aromatic carbocycles. The van der Waals surface area contributed by atoms with Gasteiger partial charge in [-0.3, -0.25) is 9.48 Å². The first-order valence-electron chi connectivity index (χ1n) is 8.11. The van der Waals surface area contributed by atoms with Crippen LogP contribution in [0.15, 0.2) is 35.4 Å². The highest BCUT2D eigenvalue weighted by molar-refractivity contribution is 5.75. The molecule has 0 atom stereocenters. The average Bonchev–Trinajstić information content (AvgIpc) is 3.20. The summed E-state index contributed by atoms with van der Waals surface area (Å²) in [5, 5.41) is 9.23. The number of benzene rings is 1. The number of aromatic nitrogens is 6. The summed E-state index contributed by atoms with van der Waals surface area (Å²) in [6.07, 6.45) is 3.49. The van der Waals surface area contributed by atoms with E-state index in [1.807, 2.05) is 33.0 Å². The fraction of sp³-hybridized carbons (Fsp3) is 0.222. The number of aromatic amines is 1. The largest absolute Gasteiger partial charge is 0.497 e. The molecule has 0 aliphatic rings. The van der Waals surface area contributed by atoms with Crippen LogP contribution in [0.2, 0.25) is 0 Å². The van der Waals surface area contributed by atoms with Gasteiger partial charge in [0.25, 0.3) is 5.56 Å². The predicted octanol–water partition coefficient (Wildman–Crippen LogP) is 2.13. The Morgan fingerprint density at radius 3 is 2.50 bits per heavy atom. The lowest BCUT2D eigenvalue weighted by Crippen LogP contribution is -2.08. The van der Waals surface area contributed by atoms with Crippen molar-refractivity contribution in [3.63, 3.8) is 0 Å². The van der Waals surface area contributed by atoms with Crippen LogP contribution in [0.25, 0.3) is 28.2 Å². The van der Waals surface area contributed by atoms with Gasteiger partial charge >= 0.3 is 0 Å². The van der Waals surface area contributed by atoms with E-state index in [1.54, 1.807) is 34.9 Å². The van der Waals surface area contributed by atoms with E-state index in [2.05, 4.69) is 20.2 Å². The van der Waals surface area contributed by atoms with Crippen LogP contribution in [-0.4, -0.2) is 36.6 Å². The van der Waals surface area contributed by atoms with Gasteiger partial charge in [-0.1, -0.05) is 0 Å². The number of aryl methyl sites for hydroxylation is 3. The zero-order valence-corrected chi connectivity index (χ0v) is 14.9. The third-order valence-corrected chi connectivity index (χ3v) is 4.27. The fourth-order valence-electron chi connectivity index (χ4n) is 3.09. The number of H-pyrrole nitrogens is 1. The number of methoxy groups -OCH3 is 1. The first kappa shape index (κ1) is 16.1. The molecular weight excluding hydrogens is 332 g/mol. The highest BCUT2D eigenvalue weighted by Crippen LogP contribution is 2.25. The molecule has 0 amide bonds. The maximum atomic E-state index is 12.5. The van der Waals surface area contributed by atoms with Crippen molar-refractivity contribution >= 4 is 11.0 Å². The van der Waals surface area contributed by atoms with Crippen molar-refractivity contribution < 1.29 is 4.74 Å². The predicted molar refractivity (Wildman–Crippen MR) is 97.7 cm³/mol. The van der Waals surface area contributed by atoms with Gasteiger partial charge in [-0.2, -0.15) is 5.10 Å². The summed E-state index contributed by atoms with van der Waals surface area (Å²) < 4.78 is 8.65. The minimum atomic E-state index is -0.245. The van der Waals surface area contributed by atoms with E-state index in [1.165, 1.54) is 0 Å². The molecule has 4 rings (SSSR count). The molecule has 0 spiro atoms. The van der Waals surface area contributed by atoms with Crippen LogP contribution in [0, 0.1) is 13.8 Å². The van der Waals surface area contributed by atoms with Crippen molar-refractivity contribution in [1.29, 1.82) is 0 Å². The Labute approximate surface area is 149 Å². The summed E-state index contributed by atoms with van der Waals surface area (Å²) in [5.74, 6) is 1.19. The zero-order chi connectivity index (χ0) is 18.4. The van der Waals surface area contributed by atoms with Gasteiger partial charge in [0, 0.05) is 19.4 Å². The molecular formula is C18H18N6O2. The van der Waals surface area contributed by atoms with Crippen LogP contribution >= 0.6 is 0 Å². The molecule has 0 fully saturated rings. The summed E-state index contributed by atoms with van der Waals surface area (Å²) >= 11 is 0. The first-order chi connectivity index (χ1) is 12.5. The van der Waals surface area contributed by atoms with Gasteiger partial charge in [-0.25, -0.2) is 9.67 Å². The van der Waals surface area contributed by atoms with E-state index < -0.39 is 0 Å². The second-order valence-corrected chi connectivity index (χ2v) is 6.21. The Morgan fingerprint density at radius 1 is 1.15 bits per heavy atom. The van der Waals surface area contributed by atoms with Crippen molar-refractivity contribution in [2.75, 3.05) is 7.11 Å². The summed E-state index contributed by atoms with van der Waals surface area (Å²) in [5.41, 5.74) is 3.63. The van der Waals surface area contributed by atoms with Crippen molar-refractivity contribution in [3.8, 4) is 23.0 Å². The molecule has 1 N–H and O–H groups in total. The Hall–Kier alpha value is -3.42. The van der Waals surface area contributed by atoms with Crippen molar-refractivity contribution in [2.24, 2.45) is 7.05 Å². The third-order valence-electron chi connectivity index (χ3n) is 4.27. The highest BCUT2D eigenvalue weighted by Gasteiger charge is 2.15. The molecule has 3 heterocycles. The van der Waals surface area contributed by atoms with Crippen LogP contribution in [-0.2, 0) is 7.05 Å². The van der Waals surface area contributed by atoms with E-state index in [9.17, 15) is 4.79 Å². The van der Waals surface area contributed by atoms with Gasteiger partial charge in [0.05, 0.1) is 12.8 Å². The Morgan fingerprint density at radius 2 is 1.88 bits per heavy atom. The monoisotopic (exact) mass is 350 g/mol. The molecule has 0 saturated carbocycles. The van der Waals surface area contributed by atoms with E-state index in [0.717, 1.165) is 22.6 Å². The zero-order valence-electron chi connectivity index (χ0n) is 14.9. The quantitative estimate of drug-likeness (QED) is 0.611. The molecule has 0 aliphatic carbocycles. The highest BCUT2D eigenvalue weighted by atomic mass is 16.5. The Balaban J connectivity index is 1.89. The molecule has 0 bridgehead atoms. The van der Waals surface area contributed by atoms with Crippen LogP contribution in [0.1, 0.15) is 11.1 Å². The molecule has 132 valence electrons. The van der Waals surface area contributed by atoms with E-state index in [0.29, 0.717) is 22.6 Å². The molecule has 8 heteroatoms. The lowest BCUT2D eigenvalue weighted by molar-refractivity contribution is 0.414. The second kappa shape index (κ2) is 5.83. The second-order valence-electron chi connectivity index (χ2n) is 6.21.